The third-order valence-corrected chi connectivity index (χ3v) is 5.49. The van der Waals surface area contributed by atoms with E-state index in [0.29, 0.717) is 29.2 Å². The van der Waals surface area contributed by atoms with E-state index in [4.69, 9.17) is 9.47 Å². The smallest absolute Gasteiger partial charge is 0.295 e. The molecule has 1 fully saturated rings. The maximum absolute atomic E-state index is 13.1. The number of ketones is 1. The number of benzene rings is 2. The van der Waals surface area contributed by atoms with E-state index in [2.05, 4.69) is 4.98 Å². The second-order valence-electron chi connectivity index (χ2n) is 7.52. The Morgan fingerprint density at radius 3 is 2.33 bits per heavy atom. The van der Waals surface area contributed by atoms with Gasteiger partial charge < -0.3 is 19.5 Å². The summed E-state index contributed by atoms with van der Waals surface area (Å²) in [6, 6.07) is 16.7. The highest BCUT2D eigenvalue weighted by Gasteiger charge is 2.46. The minimum Gasteiger partial charge on any atom is -0.507 e. The molecule has 168 valence electrons. The number of aliphatic hydroxyl groups is 1. The van der Waals surface area contributed by atoms with Crippen LogP contribution in [0.1, 0.15) is 29.7 Å². The highest BCUT2D eigenvalue weighted by atomic mass is 16.5. The van der Waals surface area contributed by atoms with Crippen molar-refractivity contribution in [2.45, 2.75) is 19.5 Å². The SMILES string of the molecule is CCOc1ccc(/C(O)=C2\C(=O)C(=O)N(Cc3cccnc3)[C@H]2c2ccc(OC)cc2)cc1. The maximum Gasteiger partial charge on any atom is 0.295 e. The lowest BCUT2D eigenvalue weighted by Gasteiger charge is -2.25. The van der Waals surface area contributed by atoms with Gasteiger partial charge in [-0.25, -0.2) is 0 Å². The Morgan fingerprint density at radius 1 is 1.03 bits per heavy atom. The van der Waals surface area contributed by atoms with Crippen LogP contribution in [0.25, 0.3) is 5.76 Å². The Kier molecular flexibility index (Phi) is 6.40. The van der Waals surface area contributed by atoms with Gasteiger partial charge >= 0.3 is 0 Å². The number of ether oxygens (including phenoxy) is 2. The summed E-state index contributed by atoms with van der Waals surface area (Å²) >= 11 is 0. The van der Waals surface area contributed by atoms with Gasteiger partial charge in [0.2, 0.25) is 0 Å². The number of carbonyl (C=O) groups is 2. The lowest BCUT2D eigenvalue weighted by Crippen LogP contribution is -2.29. The van der Waals surface area contributed by atoms with Crippen LogP contribution in [0.15, 0.2) is 78.6 Å². The number of methoxy groups -OCH3 is 1. The van der Waals surface area contributed by atoms with E-state index in [1.54, 1.807) is 74.1 Å². The zero-order valence-corrected chi connectivity index (χ0v) is 18.4. The van der Waals surface area contributed by atoms with Crippen molar-refractivity contribution < 1.29 is 24.2 Å². The summed E-state index contributed by atoms with van der Waals surface area (Å²) in [5.41, 5.74) is 1.93. The zero-order valence-electron chi connectivity index (χ0n) is 18.4. The standard InChI is InChI=1S/C26H24N2O5/c1-3-33-21-12-8-19(9-13-21)24(29)22-23(18-6-10-20(32-2)11-7-18)28(26(31)25(22)30)16-17-5-4-14-27-15-17/h4-15,23,29H,3,16H2,1-2H3/b24-22+/t23-/m0/s1. The van der Waals surface area contributed by atoms with Gasteiger partial charge in [0.05, 0.1) is 25.3 Å². The van der Waals surface area contributed by atoms with E-state index in [1.807, 2.05) is 13.0 Å². The molecule has 3 aromatic rings. The Hall–Kier alpha value is -4.13. The summed E-state index contributed by atoms with van der Waals surface area (Å²) < 4.78 is 10.7. The van der Waals surface area contributed by atoms with Gasteiger partial charge in [0.1, 0.15) is 17.3 Å². The second kappa shape index (κ2) is 9.56. The second-order valence-corrected chi connectivity index (χ2v) is 7.52. The van der Waals surface area contributed by atoms with Gasteiger partial charge in [-0.15, -0.1) is 0 Å². The number of hydrogen-bond donors (Lipinski definition) is 1. The van der Waals surface area contributed by atoms with E-state index in [1.165, 1.54) is 4.90 Å². The zero-order chi connectivity index (χ0) is 23.4. The number of amides is 1. The molecule has 1 aliphatic rings. The van der Waals surface area contributed by atoms with Gasteiger partial charge in [-0.2, -0.15) is 0 Å². The van der Waals surface area contributed by atoms with Gasteiger partial charge in [0, 0.05) is 24.5 Å². The number of pyridine rings is 1. The summed E-state index contributed by atoms with van der Waals surface area (Å²) in [5.74, 6) is -0.337. The molecule has 2 heterocycles. The maximum atomic E-state index is 13.1. The van der Waals surface area contributed by atoms with Crippen molar-refractivity contribution in [2.24, 2.45) is 0 Å². The van der Waals surface area contributed by atoms with Crippen LogP contribution >= 0.6 is 0 Å². The molecule has 0 saturated carbocycles. The number of nitrogens with zero attached hydrogens (tertiary/aromatic N) is 2. The van der Waals surface area contributed by atoms with Crippen molar-refractivity contribution in [3.05, 3.63) is 95.3 Å². The molecule has 1 saturated heterocycles. The third-order valence-electron chi connectivity index (χ3n) is 5.49. The molecule has 0 spiro atoms. The molecule has 33 heavy (non-hydrogen) atoms. The van der Waals surface area contributed by atoms with Crippen molar-refractivity contribution in [3.8, 4) is 11.5 Å². The topological polar surface area (TPSA) is 89.0 Å². The van der Waals surface area contributed by atoms with Gasteiger partial charge in [-0.1, -0.05) is 18.2 Å². The first-order chi connectivity index (χ1) is 16.0. The van der Waals surface area contributed by atoms with Crippen molar-refractivity contribution in [1.82, 2.24) is 9.88 Å². The van der Waals surface area contributed by atoms with Gasteiger partial charge in [-0.3, -0.25) is 14.6 Å². The fourth-order valence-electron chi connectivity index (χ4n) is 3.90. The minimum absolute atomic E-state index is 0.0400. The molecule has 7 heteroatoms. The normalized spacial score (nSPS) is 17.3. The summed E-state index contributed by atoms with van der Waals surface area (Å²) in [7, 11) is 1.56. The van der Waals surface area contributed by atoms with Crippen LogP contribution in [0.2, 0.25) is 0 Å². The number of hydrogen-bond acceptors (Lipinski definition) is 6. The molecule has 0 unspecified atom stereocenters. The van der Waals surface area contributed by atoms with Crippen molar-refractivity contribution in [1.29, 1.82) is 0 Å². The third kappa shape index (κ3) is 4.43. The number of likely N-dealkylation sites (tertiary alicyclic amines) is 1. The van der Waals surface area contributed by atoms with E-state index in [0.717, 1.165) is 5.56 Å². The molecule has 0 aliphatic carbocycles. The average molecular weight is 444 g/mol. The summed E-state index contributed by atoms with van der Waals surface area (Å²) in [6.07, 6.45) is 3.29. The molecule has 7 nitrogen and oxygen atoms in total. The Bertz CT molecular complexity index is 1170. The molecule has 1 aromatic heterocycles. The molecule has 1 N–H and O–H groups in total. The van der Waals surface area contributed by atoms with Crippen LogP contribution in [-0.2, 0) is 16.1 Å². The number of aromatic nitrogens is 1. The van der Waals surface area contributed by atoms with Crippen LogP contribution in [0.5, 0.6) is 11.5 Å². The predicted molar refractivity (Wildman–Crippen MR) is 123 cm³/mol. The molecule has 0 radical (unpaired) electrons. The van der Waals surface area contributed by atoms with Crippen LogP contribution < -0.4 is 9.47 Å². The highest BCUT2D eigenvalue weighted by molar-refractivity contribution is 6.46. The monoisotopic (exact) mass is 444 g/mol. The Balaban J connectivity index is 1.81. The fraction of sp³-hybridized carbons (Fsp3) is 0.192. The number of carbonyl (C=O) groups excluding carboxylic acids is 2. The van der Waals surface area contributed by atoms with Gasteiger partial charge in [0.15, 0.2) is 0 Å². The largest absolute Gasteiger partial charge is 0.507 e. The first-order valence-corrected chi connectivity index (χ1v) is 10.6. The quantitative estimate of drug-likeness (QED) is 0.335. The molecule has 2 aromatic carbocycles. The van der Waals surface area contributed by atoms with Gasteiger partial charge in [-0.05, 0) is 60.5 Å². The van der Waals surface area contributed by atoms with Crippen molar-refractivity contribution in [3.63, 3.8) is 0 Å². The lowest BCUT2D eigenvalue weighted by molar-refractivity contribution is -0.140. The average Bonchev–Trinajstić information content (AvgIpc) is 3.10. The Morgan fingerprint density at radius 2 is 1.73 bits per heavy atom. The first-order valence-electron chi connectivity index (χ1n) is 10.6. The summed E-state index contributed by atoms with van der Waals surface area (Å²) in [4.78, 5) is 31.8. The summed E-state index contributed by atoms with van der Waals surface area (Å²) in [6.45, 7) is 2.57. The van der Waals surface area contributed by atoms with Crippen LogP contribution in [0.4, 0.5) is 0 Å². The van der Waals surface area contributed by atoms with Crippen molar-refractivity contribution >= 4 is 17.4 Å². The van der Waals surface area contributed by atoms with Crippen LogP contribution in [-0.4, -0.2) is 40.4 Å². The van der Waals surface area contributed by atoms with E-state index < -0.39 is 17.7 Å². The first kappa shape index (κ1) is 22.1. The van der Waals surface area contributed by atoms with E-state index >= 15 is 0 Å². The fourth-order valence-corrected chi connectivity index (χ4v) is 3.90. The summed E-state index contributed by atoms with van der Waals surface area (Å²) in [5, 5.41) is 11.1. The van der Waals surface area contributed by atoms with E-state index in [9.17, 15) is 14.7 Å². The molecular formula is C26H24N2O5. The predicted octanol–water partition coefficient (Wildman–Crippen LogP) is 4.11. The lowest BCUT2D eigenvalue weighted by atomic mass is 9.95. The molecule has 1 amide bonds. The van der Waals surface area contributed by atoms with Gasteiger partial charge in [0.25, 0.3) is 11.7 Å². The van der Waals surface area contributed by atoms with Crippen LogP contribution in [0, 0.1) is 0 Å². The molecule has 4 rings (SSSR count). The van der Waals surface area contributed by atoms with E-state index in [-0.39, 0.29) is 17.9 Å². The number of Topliss-reactive ketones (excluding diaryl/α,β-unsaturated/α-hetero) is 1. The Labute approximate surface area is 191 Å². The molecule has 1 atom stereocenters. The molecule has 0 bridgehead atoms. The molecule has 1 aliphatic heterocycles. The van der Waals surface area contributed by atoms with Crippen molar-refractivity contribution in [2.75, 3.05) is 13.7 Å². The minimum atomic E-state index is -0.761. The molecular weight excluding hydrogens is 420 g/mol. The number of rotatable bonds is 7. The number of aliphatic hydroxyl groups excluding tert-OH is 1. The van der Waals surface area contributed by atoms with Crippen LogP contribution in [0.3, 0.4) is 0 Å². The highest BCUT2D eigenvalue weighted by Crippen LogP contribution is 2.40.